The molecule has 1 atom stereocenters. The number of rotatable bonds is 7. The SMILES string of the molecule is CC(C)OCCC(=O)N[C@H](C)c1csc(C(C)C)n1. The van der Waals surface area contributed by atoms with Gasteiger partial charge in [0.05, 0.1) is 29.5 Å². The quantitative estimate of drug-likeness (QED) is 0.836. The largest absolute Gasteiger partial charge is 0.378 e. The van der Waals surface area contributed by atoms with E-state index in [1.807, 2.05) is 26.2 Å². The van der Waals surface area contributed by atoms with Gasteiger partial charge in [-0.25, -0.2) is 4.98 Å². The number of nitrogens with zero attached hydrogens (tertiary/aromatic N) is 1. The van der Waals surface area contributed by atoms with Gasteiger partial charge in [0, 0.05) is 17.7 Å². The number of carbonyl (C=O) groups is 1. The first kappa shape index (κ1) is 16.1. The summed E-state index contributed by atoms with van der Waals surface area (Å²) in [6.07, 6.45) is 0.557. The number of carbonyl (C=O) groups excluding carboxylic acids is 1. The van der Waals surface area contributed by atoms with Gasteiger partial charge in [-0.15, -0.1) is 11.3 Å². The van der Waals surface area contributed by atoms with Crippen LogP contribution in [0.2, 0.25) is 0 Å². The second-order valence-electron chi connectivity index (χ2n) is 5.22. The summed E-state index contributed by atoms with van der Waals surface area (Å²) < 4.78 is 5.36. The molecule has 0 aliphatic heterocycles. The Morgan fingerprint density at radius 2 is 2.05 bits per heavy atom. The maximum atomic E-state index is 11.7. The minimum atomic E-state index is -0.0460. The zero-order valence-electron chi connectivity index (χ0n) is 12.4. The van der Waals surface area contributed by atoms with Crippen LogP contribution in [0.15, 0.2) is 5.38 Å². The fraction of sp³-hybridized carbons (Fsp3) is 0.714. The van der Waals surface area contributed by atoms with Crippen molar-refractivity contribution in [2.75, 3.05) is 6.61 Å². The fourth-order valence-electron chi connectivity index (χ4n) is 1.54. The van der Waals surface area contributed by atoms with E-state index >= 15 is 0 Å². The molecule has 19 heavy (non-hydrogen) atoms. The van der Waals surface area contributed by atoms with E-state index in [9.17, 15) is 4.79 Å². The van der Waals surface area contributed by atoms with Crippen molar-refractivity contribution < 1.29 is 9.53 Å². The summed E-state index contributed by atoms with van der Waals surface area (Å²) in [5.74, 6) is 0.438. The third-order valence-electron chi connectivity index (χ3n) is 2.64. The molecule has 0 aliphatic rings. The van der Waals surface area contributed by atoms with Crippen molar-refractivity contribution in [2.45, 2.75) is 59.1 Å². The average Bonchev–Trinajstić information content (AvgIpc) is 2.77. The fourth-order valence-corrected chi connectivity index (χ4v) is 2.47. The maximum Gasteiger partial charge on any atom is 0.222 e. The lowest BCUT2D eigenvalue weighted by Crippen LogP contribution is -2.28. The molecule has 0 saturated heterocycles. The lowest BCUT2D eigenvalue weighted by molar-refractivity contribution is -0.123. The number of amides is 1. The number of nitrogens with one attached hydrogen (secondary N) is 1. The van der Waals surface area contributed by atoms with Gasteiger partial charge in [0.15, 0.2) is 0 Å². The lowest BCUT2D eigenvalue weighted by Gasteiger charge is -2.12. The first-order valence-electron chi connectivity index (χ1n) is 6.76. The predicted octanol–water partition coefficient (Wildman–Crippen LogP) is 3.26. The molecule has 0 spiro atoms. The van der Waals surface area contributed by atoms with Crippen LogP contribution < -0.4 is 5.32 Å². The third kappa shape index (κ3) is 5.70. The van der Waals surface area contributed by atoms with Crippen LogP contribution in [0.3, 0.4) is 0 Å². The smallest absolute Gasteiger partial charge is 0.222 e. The average molecular weight is 284 g/mol. The van der Waals surface area contributed by atoms with Crippen LogP contribution in [0.5, 0.6) is 0 Å². The van der Waals surface area contributed by atoms with E-state index in [1.165, 1.54) is 0 Å². The molecule has 108 valence electrons. The predicted molar refractivity (Wildman–Crippen MR) is 78.5 cm³/mol. The molecule has 0 unspecified atom stereocenters. The Labute approximate surface area is 119 Å². The molecule has 1 rings (SSSR count). The Balaban J connectivity index is 2.40. The molecular formula is C14H24N2O2S. The van der Waals surface area contributed by atoms with E-state index in [-0.39, 0.29) is 18.1 Å². The highest BCUT2D eigenvalue weighted by Crippen LogP contribution is 2.22. The zero-order valence-corrected chi connectivity index (χ0v) is 13.2. The molecule has 1 heterocycles. The Kier molecular flexibility index (Phi) is 6.45. The standard InChI is InChI=1S/C14H24N2O2S/c1-9(2)14-16-12(8-19-14)11(5)15-13(17)6-7-18-10(3)4/h8-11H,6-7H2,1-5H3,(H,15,17)/t11-/m1/s1. The highest BCUT2D eigenvalue weighted by atomic mass is 32.1. The monoisotopic (exact) mass is 284 g/mol. The second kappa shape index (κ2) is 7.60. The zero-order chi connectivity index (χ0) is 14.4. The van der Waals surface area contributed by atoms with E-state index in [4.69, 9.17) is 4.74 Å². The minimum Gasteiger partial charge on any atom is -0.378 e. The van der Waals surface area contributed by atoms with Crippen LogP contribution in [0.4, 0.5) is 0 Å². The highest BCUT2D eigenvalue weighted by molar-refractivity contribution is 7.09. The van der Waals surface area contributed by atoms with Crippen molar-refractivity contribution in [1.82, 2.24) is 10.3 Å². The van der Waals surface area contributed by atoms with Crippen LogP contribution >= 0.6 is 11.3 Å². The molecule has 1 N–H and O–H groups in total. The van der Waals surface area contributed by atoms with E-state index in [0.717, 1.165) is 10.7 Å². The Bertz CT molecular complexity index is 402. The summed E-state index contributed by atoms with van der Waals surface area (Å²) in [5.41, 5.74) is 0.937. The molecule has 0 aromatic carbocycles. The second-order valence-corrected chi connectivity index (χ2v) is 6.11. The van der Waals surface area contributed by atoms with Crippen LogP contribution in [0.1, 0.15) is 63.7 Å². The van der Waals surface area contributed by atoms with Gasteiger partial charge in [-0.2, -0.15) is 0 Å². The van der Waals surface area contributed by atoms with Crippen molar-refractivity contribution in [2.24, 2.45) is 0 Å². The molecule has 1 aromatic rings. The van der Waals surface area contributed by atoms with Crippen LogP contribution in [-0.4, -0.2) is 23.6 Å². The summed E-state index contributed by atoms with van der Waals surface area (Å²) >= 11 is 1.65. The first-order chi connectivity index (χ1) is 8.90. The van der Waals surface area contributed by atoms with E-state index < -0.39 is 0 Å². The third-order valence-corrected chi connectivity index (χ3v) is 3.80. The van der Waals surface area contributed by atoms with Crippen molar-refractivity contribution >= 4 is 17.2 Å². The van der Waals surface area contributed by atoms with E-state index in [1.54, 1.807) is 11.3 Å². The maximum absolute atomic E-state index is 11.7. The molecule has 0 aliphatic carbocycles. The number of aromatic nitrogens is 1. The molecule has 0 fully saturated rings. The summed E-state index contributed by atoms with van der Waals surface area (Å²) in [7, 11) is 0. The van der Waals surface area contributed by atoms with Gasteiger partial charge < -0.3 is 10.1 Å². The normalized spacial score (nSPS) is 13.0. The molecule has 0 bridgehead atoms. The van der Waals surface area contributed by atoms with E-state index in [2.05, 4.69) is 24.1 Å². The summed E-state index contributed by atoms with van der Waals surface area (Å²) in [6.45, 7) is 10.6. The van der Waals surface area contributed by atoms with Gasteiger partial charge >= 0.3 is 0 Å². The summed E-state index contributed by atoms with van der Waals surface area (Å²) in [5, 5.41) is 6.08. The number of hydrogen-bond acceptors (Lipinski definition) is 4. The van der Waals surface area contributed by atoms with Crippen molar-refractivity contribution in [3.05, 3.63) is 16.1 Å². The van der Waals surface area contributed by atoms with Crippen LogP contribution in [0, 0.1) is 0 Å². The van der Waals surface area contributed by atoms with Crippen molar-refractivity contribution in [1.29, 1.82) is 0 Å². The summed E-state index contributed by atoms with van der Waals surface area (Å²) in [4.78, 5) is 16.3. The number of hydrogen-bond donors (Lipinski definition) is 1. The Morgan fingerprint density at radius 3 is 2.58 bits per heavy atom. The van der Waals surface area contributed by atoms with Crippen LogP contribution in [0.25, 0.3) is 0 Å². The number of thiazole rings is 1. The van der Waals surface area contributed by atoms with Crippen molar-refractivity contribution in [3.63, 3.8) is 0 Å². The topological polar surface area (TPSA) is 51.2 Å². The van der Waals surface area contributed by atoms with Gasteiger partial charge in [0.25, 0.3) is 0 Å². The van der Waals surface area contributed by atoms with Crippen LogP contribution in [-0.2, 0) is 9.53 Å². The molecule has 0 radical (unpaired) electrons. The minimum absolute atomic E-state index is 0.00671. The Hall–Kier alpha value is -0.940. The molecule has 1 aromatic heterocycles. The van der Waals surface area contributed by atoms with Crippen molar-refractivity contribution in [3.8, 4) is 0 Å². The number of ether oxygens (including phenoxy) is 1. The lowest BCUT2D eigenvalue weighted by atomic mass is 10.2. The molecule has 4 nitrogen and oxygen atoms in total. The van der Waals surface area contributed by atoms with E-state index in [0.29, 0.717) is 18.9 Å². The van der Waals surface area contributed by atoms with Gasteiger partial charge in [-0.05, 0) is 20.8 Å². The van der Waals surface area contributed by atoms with Gasteiger partial charge in [-0.1, -0.05) is 13.8 Å². The molecule has 0 saturated carbocycles. The molecular weight excluding hydrogens is 260 g/mol. The molecule has 1 amide bonds. The van der Waals surface area contributed by atoms with Gasteiger partial charge in [-0.3, -0.25) is 4.79 Å². The highest BCUT2D eigenvalue weighted by Gasteiger charge is 2.14. The first-order valence-corrected chi connectivity index (χ1v) is 7.64. The Morgan fingerprint density at radius 1 is 1.37 bits per heavy atom. The summed E-state index contributed by atoms with van der Waals surface area (Å²) in [6, 6.07) is -0.0460. The van der Waals surface area contributed by atoms with Gasteiger partial charge in [0.1, 0.15) is 0 Å². The molecule has 5 heteroatoms. The van der Waals surface area contributed by atoms with Gasteiger partial charge in [0.2, 0.25) is 5.91 Å².